The molecule has 3 aromatic rings. The number of nitrogens with zero attached hydrogens (tertiary/aromatic N) is 2. The van der Waals surface area contributed by atoms with Crippen LogP contribution in [0.1, 0.15) is 42.6 Å². The van der Waals surface area contributed by atoms with Crippen LogP contribution >= 0.6 is 0 Å². The quantitative estimate of drug-likeness (QED) is 0.362. The molecule has 3 heterocycles. The number of hydrogen-bond acceptors (Lipinski definition) is 3. The van der Waals surface area contributed by atoms with Gasteiger partial charge in [-0.1, -0.05) is 18.2 Å². The summed E-state index contributed by atoms with van der Waals surface area (Å²) in [6.07, 6.45) is -3.03. The zero-order valence-electron chi connectivity index (χ0n) is 20.5. The molecule has 1 saturated heterocycles. The molecule has 0 unspecified atom stereocenters. The van der Waals surface area contributed by atoms with E-state index in [1.807, 2.05) is 18.2 Å². The third-order valence-corrected chi connectivity index (χ3v) is 7.48. The lowest BCUT2D eigenvalue weighted by atomic mass is 9.88. The number of anilines is 1. The van der Waals surface area contributed by atoms with Crippen LogP contribution in [-0.4, -0.2) is 65.9 Å². The van der Waals surface area contributed by atoms with Crippen molar-refractivity contribution in [1.29, 1.82) is 0 Å². The number of fused-ring (bicyclic) bond motifs is 3. The van der Waals surface area contributed by atoms with E-state index in [0.29, 0.717) is 31.6 Å². The Hall–Kier alpha value is -2.72. The molecule has 0 radical (unpaired) electrons. The minimum atomic E-state index is -4.54. The number of nitrogens with one attached hydrogen (secondary N) is 2. The molecule has 0 amide bonds. The predicted octanol–water partition coefficient (Wildman–Crippen LogP) is 6.19. The molecule has 3 atom stereocenters. The number of alkyl halides is 4. The van der Waals surface area contributed by atoms with Gasteiger partial charge in [-0.25, -0.2) is 8.78 Å². The van der Waals surface area contributed by atoms with Gasteiger partial charge in [0, 0.05) is 59.6 Å². The van der Waals surface area contributed by atoms with Crippen LogP contribution in [0, 0.1) is 11.6 Å². The topological polar surface area (TPSA) is 34.3 Å². The summed E-state index contributed by atoms with van der Waals surface area (Å²) in [5, 5.41) is 3.99. The van der Waals surface area contributed by atoms with Crippen LogP contribution in [0.5, 0.6) is 0 Å². The lowest BCUT2D eigenvalue weighted by molar-refractivity contribution is -0.155. The van der Waals surface area contributed by atoms with E-state index in [9.17, 15) is 17.6 Å². The summed E-state index contributed by atoms with van der Waals surface area (Å²) in [6, 6.07) is 7.73. The Morgan fingerprint density at radius 1 is 1.11 bits per heavy atom. The summed E-state index contributed by atoms with van der Waals surface area (Å²) in [4.78, 5) is 6.38. The highest BCUT2D eigenvalue weighted by molar-refractivity contribution is 5.85. The highest BCUT2D eigenvalue weighted by atomic mass is 19.4. The van der Waals surface area contributed by atoms with E-state index in [0.717, 1.165) is 46.5 Å². The number of para-hydroxylation sites is 1. The van der Waals surface area contributed by atoms with E-state index in [2.05, 4.69) is 15.2 Å². The van der Waals surface area contributed by atoms with E-state index >= 15 is 8.78 Å². The Morgan fingerprint density at radius 2 is 1.84 bits per heavy atom. The third-order valence-electron chi connectivity index (χ3n) is 7.48. The molecule has 0 saturated carbocycles. The molecule has 2 aliphatic heterocycles. The first-order valence-electron chi connectivity index (χ1n) is 12.6. The molecule has 0 bridgehead atoms. The van der Waals surface area contributed by atoms with Crippen LogP contribution in [0.3, 0.4) is 0 Å². The second-order valence-electron chi connectivity index (χ2n) is 10.1. The van der Waals surface area contributed by atoms with Crippen molar-refractivity contribution in [3.05, 3.63) is 64.9 Å². The van der Waals surface area contributed by atoms with E-state index < -0.39 is 48.7 Å². The van der Waals surface area contributed by atoms with Crippen LogP contribution < -0.4 is 5.32 Å². The molecule has 0 spiro atoms. The maximum absolute atomic E-state index is 15.6. The van der Waals surface area contributed by atoms with Gasteiger partial charge in [0.05, 0.1) is 19.3 Å². The van der Waals surface area contributed by atoms with Gasteiger partial charge in [0.25, 0.3) is 0 Å². The fourth-order valence-corrected chi connectivity index (χ4v) is 5.87. The Labute approximate surface area is 211 Å². The molecule has 2 aliphatic rings. The van der Waals surface area contributed by atoms with Gasteiger partial charge in [-0.05, 0) is 49.9 Å². The number of aromatic amines is 1. The highest BCUT2D eigenvalue weighted by Crippen LogP contribution is 2.44. The summed E-state index contributed by atoms with van der Waals surface area (Å²) >= 11 is 0. The van der Waals surface area contributed by atoms with Crippen molar-refractivity contribution in [1.82, 2.24) is 14.8 Å². The number of halogens is 6. The predicted molar refractivity (Wildman–Crippen MR) is 131 cm³/mol. The molecule has 2 N–H and O–H groups in total. The van der Waals surface area contributed by atoms with Gasteiger partial charge in [0.2, 0.25) is 0 Å². The van der Waals surface area contributed by atoms with Crippen molar-refractivity contribution in [3.8, 4) is 0 Å². The van der Waals surface area contributed by atoms with Crippen LogP contribution in [-0.2, 0) is 6.42 Å². The number of aromatic nitrogens is 1. The molecule has 1 aromatic heterocycles. The van der Waals surface area contributed by atoms with Gasteiger partial charge in [-0.3, -0.25) is 9.29 Å². The smallest absolute Gasteiger partial charge is 0.381 e. The summed E-state index contributed by atoms with van der Waals surface area (Å²) in [6.45, 7) is 1.99. The first-order valence-corrected chi connectivity index (χ1v) is 12.6. The Kier molecular flexibility index (Phi) is 7.15. The SMILES string of the molecule is C[C@H]1Cc2c([nH]c3ccccc23)[C@@H](c2c(F)cc(N[C@H]3CCN(CCCF)C3)cc2F)N1CC(F)(F)F. The van der Waals surface area contributed by atoms with Gasteiger partial charge in [0.1, 0.15) is 11.6 Å². The molecular formula is C27H30F6N4. The fourth-order valence-electron chi connectivity index (χ4n) is 5.87. The average molecular weight is 525 g/mol. The maximum atomic E-state index is 15.6. The largest absolute Gasteiger partial charge is 0.401 e. The Morgan fingerprint density at radius 3 is 2.54 bits per heavy atom. The van der Waals surface area contributed by atoms with Crippen LogP contribution in [0.25, 0.3) is 10.9 Å². The number of H-pyrrole nitrogens is 1. The Balaban J connectivity index is 1.50. The van der Waals surface area contributed by atoms with E-state index in [4.69, 9.17) is 0 Å². The maximum Gasteiger partial charge on any atom is 0.401 e. The molecule has 4 nitrogen and oxygen atoms in total. The molecule has 0 aliphatic carbocycles. The summed E-state index contributed by atoms with van der Waals surface area (Å²) in [7, 11) is 0. The van der Waals surface area contributed by atoms with E-state index in [1.54, 1.807) is 13.0 Å². The molecule has 37 heavy (non-hydrogen) atoms. The van der Waals surface area contributed by atoms with Crippen molar-refractivity contribution in [2.45, 2.75) is 50.5 Å². The summed E-state index contributed by atoms with van der Waals surface area (Å²) < 4.78 is 84.6. The standard InChI is InChI=1S/C27H30F6N4/c1-16-11-20-19-5-2-3-6-23(19)35-25(20)26(37(16)15-27(31,32)33)24-21(29)12-18(13-22(24)30)34-17-7-10-36(14-17)9-4-8-28/h2-3,5-6,12-13,16-17,26,34-35H,4,7-11,14-15H2,1H3/t16-,17-,26+/m0/s1. The molecule has 200 valence electrons. The normalized spacial score (nSPS) is 23.1. The molecule has 1 fully saturated rings. The average Bonchev–Trinajstić information content (AvgIpc) is 3.42. The summed E-state index contributed by atoms with van der Waals surface area (Å²) in [5.74, 6) is -1.80. The van der Waals surface area contributed by atoms with Crippen LogP contribution in [0.15, 0.2) is 36.4 Å². The van der Waals surface area contributed by atoms with Crippen LogP contribution in [0.2, 0.25) is 0 Å². The number of benzene rings is 2. The number of rotatable bonds is 7. The van der Waals surface area contributed by atoms with Gasteiger partial charge >= 0.3 is 6.18 Å². The first-order chi connectivity index (χ1) is 17.6. The molecule has 10 heteroatoms. The first kappa shape index (κ1) is 25.9. The van der Waals surface area contributed by atoms with Crippen LogP contribution in [0.4, 0.5) is 32.0 Å². The van der Waals surface area contributed by atoms with Gasteiger partial charge in [-0.15, -0.1) is 0 Å². The Bertz CT molecular complexity index is 1230. The number of hydrogen-bond donors (Lipinski definition) is 2. The lowest BCUT2D eigenvalue weighted by Gasteiger charge is -2.41. The second kappa shape index (κ2) is 10.2. The lowest BCUT2D eigenvalue weighted by Crippen LogP contribution is -2.47. The van der Waals surface area contributed by atoms with Gasteiger partial charge < -0.3 is 15.2 Å². The van der Waals surface area contributed by atoms with E-state index in [-0.39, 0.29) is 11.7 Å². The molecular weight excluding hydrogens is 494 g/mol. The second-order valence-corrected chi connectivity index (χ2v) is 10.1. The van der Waals surface area contributed by atoms with Gasteiger partial charge in [-0.2, -0.15) is 13.2 Å². The minimum Gasteiger partial charge on any atom is -0.381 e. The fraction of sp³-hybridized carbons (Fsp3) is 0.481. The number of likely N-dealkylation sites (tertiary alicyclic amines) is 1. The zero-order valence-corrected chi connectivity index (χ0v) is 20.5. The third kappa shape index (κ3) is 5.31. The van der Waals surface area contributed by atoms with Crippen molar-refractivity contribution >= 4 is 16.6 Å². The van der Waals surface area contributed by atoms with E-state index in [1.165, 1.54) is 0 Å². The highest BCUT2D eigenvalue weighted by Gasteiger charge is 2.43. The minimum absolute atomic E-state index is 0.0546. The monoisotopic (exact) mass is 524 g/mol. The molecule has 5 rings (SSSR count). The van der Waals surface area contributed by atoms with Crippen molar-refractivity contribution < 1.29 is 26.3 Å². The summed E-state index contributed by atoms with van der Waals surface area (Å²) in [5.41, 5.74) is 1.73. The molecule has 2 aromatic carbocycles. The van der Waals surface area contributed by atoms with Crippen molar-refractivity contribution in [2.75, 3.05) is 38.2 Å². The van der Waals surface area contributed by atoms with Gasteiger partial charge in [0.15, 0.2) is 0 Å². The van der Waals surface area contributed by atoms with Crippen molar-refractivity contribution in [2.24, 2.45) is 0 Å². The zero-order chi connectivity index (χ0) is 26.3. The van der Waals surface area contributed by atoms with Crippen molar-refractivity contribution in [3.63, 3.8) is 0 Å².